The number of anilines is 1. The van der Waals surface area contributed by atoms with Crippen LogP contribution in [-0.2, 0) is 11.3 Å². The fraction of sp³-hybridized carbons (Fsp3) is 0.154. The summed E-state index contributed by atoms with van der Waals surface area (Å²) < 4.78 is 4.66. The molecule has 0 saturated heterocycles. The van der Waals surface area contributed by atoms with Gasteiger partial charge < -0.3 is 10.1 Å². The minimum absolute atomic E-state index is 0.307. The number of esters is 1. The third kappa shape index (κ3) is 3.59. The summed E-state index contributed by atoms with van der Waals surface area (Å²) in [5, 5.41) is 11.5. The van der Waals surface area contributed by atoms with Crippen LogP contribution in [0.2, 0.25) is 10.2 Å². The van der Waals surface area contributed by atoms with Gasteiger partial charge in [-0.05, 0) is 30.3 Å². The van der Waals surface area contributed by atoms with Crippen molar-refractivity contribution >= 4 is 34.9 Å². The largest absolute Gasteiger partial charge is 0.465 e. The van der Waals surface area contributed by atoms with Crippen LogP contribution < -0.4 is 5.32 Å². The second kappa shape index (κ2) is 6.54. The Balaban J connectivity index is 2.10. The van der Waals surface area contributed by atoms with E-state index in [1.54, 1.807) is 30.3 Å². The minimum atomic E-state index is -0.482. The van der Waals surface area contributed by atoms with Crippen molar-refractivity contribution in [2.75, 3.05) is 12.4 Å². The van der Waals surface area contributed by atoms with Crippen LogP contribution in [0.3, 0.4) is 0 Å². The highest BCUT2D eigenvalue weighted by Gasteiger charge is 2.11. The van der Waals surface area contributed by atoms with Gasteiger partial charge in [0.05, 0.1) is 29.9 Å². The van der Waals surface area contributed by atoms with Gasteiger partial charge in [0.1, 0.15) is 0 Å². The first kappa shape index (κ1) is 14.6. The van der Waals surface area contributed by atoms with Gasteiger partial charge >= 0.3 is 5.97 Å². The van der Waals surface area contributed by atoms with E-state index in [1.807, 2.05) is 0 Å². The lowest BCUT2D eigenvalue weighted by molar-refractivity contribution is 0.0601. The lowest BCUT2D eigenvalue weighted by atomic mass is 10.2. The number of aromatic nitrogens is 2. The summed E-state index contributed by atoms with van der Waals surface area (Å²) in [4.78, 5) is 11.5. The molecule has 20 heavy (non-hydrogen) atoms. The number of benzene rings is 1. The number of halogens is 2. The summed E-state index contributed by atoms with van der Waals surface area (Å²) in [5.74, 6) is -0.482. The molecule has 0 saturated carbocycles. The predicted molar refractivity (Wildman–Crippen MR) is 77.2 cm³/mol. The van der Waals surface area contributed by atoms with Crippen LogP contribution in [0.5, 0.6) is 0 Å². The monoisotopic (exact) mass is 311 g/mol. The number of methoxy groups -OCH3 is 1. The molecule has 1 N–H and O–H groups in total. The molecule has 0 aliphatic carbocycles. The summed E-state index contributed by atoms with van der Waals surface area (Å²) in [6, 6.07) is 8.44. The lowest BCUT2D eigenvalue weighted by Crippen LogP contribution is -2.06. The third-order valence-electron chi connectivity index (χ3n) is 2.53. The Morgan fingerprint density at radius 1 is 1.25 bits per heavy atom. The van der Waals surface area contributed by atoms with Gasteiger partial charge in [0, 0.05) is 5.69 Å². The fourth-order valence-electron chi connectivity index (χ4n) is 1.53. The van der Waals surface area contributed by atoms with Crippen molar-refractivity contribution in [3.05, 3.63) is 51.8 Å². The van der Waals surface area contributed by atoms with Crippen LogP contribution in [0.1, 0.15) is 16.1 Å². The van der Waals surface area contributed by atoms with Crippen LogP contribution in [0.25, 0.3) is 0 Å². The zero-order valence-corrected chi connectivity index (χ0v) is 12.1. The average molecular weight is 312 g/mol. The molecule has 1 heterocycles. The molecule has 7 heteroatoms. The van der Waals surface area contributed by atoms with Gasteiger partial charge in [0.25, 0.3) is 0 Å². The Labute approximate surface area is 125 Å². The standard InChI is InChI=1S/C13H11Cl2N3O2/c1-20-13(19)10-6-8(2-4-11(10)14)16-7-9-3-5-12(15)18-17-9/h2-6,16H,7H2,1H3. The molecule has 1 aromatic carbocycles. The van der Waals surface area contributed by atoms with Crippen LogP contribution in [-0.4, -0.2) is 23.3 Å². The number of rotatable bonds is 4. The van der Waals surface area contributed by atoms with Gasteiger partial charge in [-0.3, -0.25) is 0 Å². The third-order valence-corrected chi connectivity index (χ3v) is 3.06. The Hall–Kier alpha value is -1.85. The summed E-state index contributed by atoms with van der Waals surface area (Å²) >= 11 is 11.6. The topological polar surface area (TPSA) is 64.1 Å². The van der Waals surface area contributed by atoms with Crippen LogP contribution in [0.15, 0.2) is 30.3 Å². The molecule has 0 spiro atoms. The molecular weight excluding hydrogens is 301 g/mol. The van der Waals surface area contributed by atoms with Crippen molar-refractivity contribution in [1.82, 2.24) is 10.2 Å². The number of carbonyl (C=O) groups is 1. The first-order chi connectivity index (χ1) is 9.60. The number of hydrogen-bond donors (Lipinski definition) is 1. The molecule has 0 amide bonds. The van der Waals surface area contributed by atoms with Crippen molar-refractivity contribution in [2.24, 2.45) is 0 Å². The molecule has 0 radical (unpaired) electrons. The number of nitrogens with one attached hydrogen (secondary N) is 1. The van der Waals surface area contributed by atoms with E-state index in [1.165, 1.54) is 7.11 Å². The normalized spacial score (nSPS) is 10.2. The van der Waals surface area contributed by atoms with Gasteiger partial charge in [0.2, 0.25) is 0 Å². The van der Waals surface area contributed by atoms with Crippen LogP contribution in [0.4, 0.5) is 5.69 Å². The van der Waals surface area contributed by atoms with Crippen molar-refractivity contribution in [3.63, 3.8) is 0 Å². The van der Waals surface area contributed by atoms with Crippen molar-refractivity contribution < 1.29 is 9.53 Å². The Kier molecular flexibility index (Phi) is 4.76. The molecule has 0 aliphatic rings. The van der Waals surface area contributed by atoms with Gasteiger partial charge in [-0.15, -0.1) is 5.10 Å². The SMILES string of the molecule is COC(=O)c1cc(NCc2ccc(Cl)nn2)ccc1Cl. The first-order valence-corrected chi connectivity index (χ1v) is 6.45. The molecule has 0 unspecified atom stereocenters. The Morgan fingerprint density at radius 2 is 2.05 bits per heavy atom. The van der Waals surface area contributed by atoms with Gasteiger partial charge in [-0.1, -0.05) is 23.2 Å². The Morgan fingerprint density at radius 3 is 2.70 bits per heavy atom. The molecule has 2 aromatic rings. The molecule has 5 nitrogen and oxygen atoms in total. The number of ether oxygens (including phenoxy) is 1. The number of carbonyl (C=O) groups excluding carboxylic acids is 1. The maximum Gasteiger partial charge on any atom is 0.339 e. The maximum absolute atomic E-state index is 11.5. The van der Waals surface area contributed by atoms with E-state index in [0.29, 0.717) is 22.3 Å². The summed E-state index contributed by atoms with van der Waals surface area (Å²) in [7, 11) is 1.31. The number of hydrogen-bond acceptors (Lipinski definition) is 5. The zero-order chi connectivity index (χ0) is 14.5. The highest BCUT2D eigenvalue weighted by molar-refractivity contribution is 6.33. The second-order valence-corrected chi connectivity index (χ2v) is 4.68. The highest BCUT2D eigenvalue weighted by atomic mass is 35.5. The van der Waals surface area contributed by atoms with E-state index in [-0.39, 0.29) is 0 Å². The average Bonchev–Trinajstić information content (AvgIpc) is 2.47. The molecule has 0 atom stereocenters. The van der Waals surface area contributed by atoms with E-state index >= 15 is 0 Å². The molecular formula is C13H11Cl2N3O2. The molecule has 0 aliphatic heterocycles. The van der Waals surface area contributed by atoms with E-state index in [9.17, 15) is 4.79 Å². The highest BCUT2D eigenvalue weighted by Crippen LogP contribution is 2.21. The lowest BCUT2D eigenvalue weighted by Gasteiger charge is -2.08. The molecule has 104 valence electrons. The van der Waals surface area contributed by atoms with E-state index in [4.69, 9.17) is 23.2 Å². The quantitative estimate of drug-likeness (QED) is 0.879. The fourth-order valence-corrected chi connectivity index (χ4v) is 1.83. The van der Waals surface area contributed by atoms with E-state index in [2.05, 4.69) is 20.3 Å². The van der Waals surface area contributed by atoms with Crippen LogP contribution in [0, 0.1) is 0 Å². The number of nitrogens with zero attached hydrogens (tertiary/aromatic N) is 2. The van der Waals surface area contributed by atoms with Gasteiger partial charge in [0.15, 0.2) is 5.15 Å². The first-order valence-electron chi connectivity index (χ1n) is 5.70. The summed E-state index contributed by atoms with van der Waals surface area (Å²) in [6.07, 6.45) is 0. The Bertz CT molecular complexity index is 618. The van der Waals surface area contributed by atoms with Crippen molar-refractivity contribution in [2.45, 2.75) is 6.54 Å². The van der Waals surface area contributed by atoms with Gasteiger partial charge in [-0.25, -0.2) is 4.79 Å². The minimum Gasteiger partial charge on any atom is -0.465 e. The predicted octanol–water partition coefficient (Wildman–Crippen LogP) is 3.18. The van der Waals surface area contributed by atoms with Crippen LogP contribution >= 0.6 is 23.2 Å². The second-order valence-electron chi connectivity index (χ2n) is 3.89. The van der Waals surface area contributed by atoms with Gasteiger partial charge in [-0.2, -0.15) is 5.10 Å². The maximum atomic E-state index is 11.5. The molecule has 1 aromatic heterocycles. The van der Waals surface area contributed by atoms with Crippen molar-refractivity contribution in [1.29, 1.82) is 0 Å². The molecule has 0 bridgehead atoms. The smallest absolute Gasteiger partial charge is 0.339 e. The zero-order valence-electron chi connectivity index (χ0n) is 10.6. The summed E-state index contributed by atoms with van der Waals surface area (Å²) in [5.41, 5.74) is 1.76. The molecule has 2 rings (SSSR count). The van der Waals surface area contributed by atoms with Crippen molar-refractivity contribution in [3.8, 4) is 0 Å². The summed E-state index contributed by atoms with van der Waals surface area (Å²) in [6.45, 7) is 0.451. The molecule has 0 fully saturated rings. The van der Waals surface area contributed by atoms with E-state index in [0.717, 1.165) is 11.4 Å². The van der Waals surface area contributed by atoms with E-state index < -0.39 is 5.97 Å².